The lowest BCUT2D eigenvalue weighted by molar-refractivity contribution is -0.158. The van der Waals surface area contributed by atoms with Crippen LogP contribution in [0.3, 0.4) is 0 Å². The van der Waals surface area contributed by atoms with Crippen LogP contribution < -0.4 is 10.1 Å². The first-order valence-electron chi connectivity index (χ1n) is 10.5. The molecule has 0 aliphatic carbocycles. The van der Waals surface area contributed by atoms with Crippen molar-refractivity contribution in [3.05, 3.63) is 47.7 Å². The number of hydrogen-bond donors (Lipinski definition) is 1. The quantitative estimate of drug-likeness (QED) is 0.544. The molecule has 1 amide bonds. The van der Waals surface area contributed by atoms with Gasteiger partial charge >= 0.3 is 6.11 Å². The van der Waals surface area contributed by atoms with Crippen LogP contribution >= 0.6 is 11.3 Å². The van der Waals surface area contributed by atoms with Crippen molar-refractivity contribution < 1.29 is 18.3 Å². The Balaban J connectivity index is 1.48. The first-order valence-corrected chi connectivity index (χ1v) is 11.4. The molecule has 2 aromatic heterocycles. The number of aromatic nitrogens is 3. The minimum atomic E-state index is -3.23. The Kier molecular flexibility index (Phi) is 6.52. The van der Waals surface area contributed by atoms with Crippen LogP contribution in [0.5, 0.6) is 5.75 Å². The summed E-state index contributed by atoms with van der Waals surface area (Å²) in [5.74, 6) is 0.0320. The summed E-state index contributed by atoms with van der Waals surface area (Å²) in [6.45, 7) is 5.21. The molecule has 1 N–H and O–H groups in total. The molecule has 32 heavy (non-hydrogen) atoms. The number of nitrogens with zero attached hydrogens (tertiary/aromatic N) is 4. The summed E-state index contributed by atoms with van der Waals surface area (Å²) in [7, 11) is 0. The molecule has 1 atom stereocenters. The lowest BCUT2D eigenvalue weighted by Gasteiger charge is -2.27. The average Bonchev–Trinajstić information content (AvgIpc) is 3.52. The lowest BCUT2D eigenvalue weighted by atomic mass is 10.2. The summed E-state index contributed by atoms with van der Waals surface area (Å²) < 4.78 is 32.2. The second-order valence-electron chi connectivity index (χ2n) is 7.76. The predicted molar refractivity (Wildman–Crippen MR) is 119 cm³/mol. The van der Waals surface area contributed by atoms with Crippen LogP contribution in [-0.4, -0.2) is 57.4 Å². The first kappa shape index (κ1) is 22.3. The fourth-order valence-electron chi connectivity index (χ4n) is 3.70. The maximum Gasteiger partial charge on any atom is 0.394 e. The van der Waals surface area contributed by atoms with E-state index in [2.05, 4.69) is 27.1 Å². The summed E-state index contributed by atoms with van der Waals surface area (Å²) >= 11 is 1.40. The molecule has 0 radical (unpaired) electrons. The van der Waals surface area contributed by atoms with Crippen molar-refractivity contribution in [1.29, 1.82) is 0 Å². The van der Waals surface area contributed by atoms with Gasteiger partial charge in [0.25, 0.3) is 5.91 Å². The van der Waals surface area contributed by atoms with Crippen LogP contribution in [-0.2, 0) is 0 Å². The van der Waals surface area contributed by atoms with Gasteiger partial charge in [-0.15, -0.1) is 11.3 Å². The maximum atomic E-state index is 13.1. The van der Waals surface area contributed by atoms with Crippen LogP contribution in [0, 0.1) is 0 Å². The molecule has 0 unspecified atom stereocenters. The third kappa shape index (κ3) is 5.13. The van der Waals surface area contributed by atoms with Gasteiger partial charge in [0.05, 0.1) is 11.9 Å². The number of hydrogen-bond acceptors (Lipinski definition) is 6. The zero-order chi connectivity index (χ0) is 22.7. The number of alkyl halides is 2. The first-order chi connectivity index (χ1) is 15.3. The topological polar surface area (TPSA) is 72.3 Å². The van der Waals surface area contributed by atoms with Gasteiger partial charge in [-0.05, 0) is 43.7 Å². The van der Waals surface area contributed by atoms with Crippen LogP contribution in [0.1, 0.15) is 37.2 Å². The summed E-state index contributed by atoms with van der Waals surface area (Å²) in [4.78, 5) is 19.6. The Bertz CT molecular complexity index is 1050. The number of ether oxygens (including phenoxy) is 1. The molecule has 4 rings (SSSR count). The molecule has 0 bridgehead atoms. The number of thiazole rings is 1. The second-order valence-corrected chi connectivity index (χ2v) is 8.62. The van der Waals surface area contributed by atoms with Gasteiger partial charge in [0.15, 0.2) is 0 Å². The van der Waals surface area contributed by atoms with E-state index in [1.165, 1.54) is 23.5 Å². The number of carbonyl (C=O) groups is 1. The molecule has 0 saturated carbocycles. The van der Waals surface area contributed by atoms with Crippen molar-refractivity contribution in [2.75, 3.05) is 19.6 Å². The SMILES string of the molecule is CCCN(C(=O)c1csc(-c2cnn(-c3ccc(OC(C)(F)F)cc3)c2)n1)[C@H]1CCNC1. The highest BCUT2D eigenvalue weighted by Crippen LogP contribution is 2.27. The third-order valence-electron chi connectivity index (χ3n) is 5.15. The van der Waals surface area contributed by atoms with E-state index >= 15 is 0 Å². The third-order valence-corrected chi connectivity index (χ3v) is 6.04. The number of benzene rings is 1. The molecule has 3 aromatic rings. The van der Waals surface area contributed by atoms with E-state index in [0.717, 1.165) is 31.5 Å². The Hall–Kier alpha value is -2.85. The summed E-state index contributed by atoms with van der Waals surface area (Å²) in [6.07, 6.45) is 2.08. The highest BCUT2D eigenvalue weighted by atomic mass is 32.1. The molecule has 0 spiro atoms. The zero-order valence-electron chi connectivity index (χ0n) is 17.9. The Morgan fingerprint density at radius 3 is 2.81 bits per heavy atom. The van der Waals surface area contributed by atoms with Crippen LogP contribution in [0.15, 0.2) is 42.0 Å². The van der Waals surface area contributed by atoms with Crippen molar-refractivity contribution >= 4 is 17.2 Å². The summed E-state index contributed by atoms with van der Waals surface area (Å²) in [5, 5.41) is 10.1. The van der Waals surface area contributed by atoms with Crippen LogP contribution in [0.4, 0.5) is 8.78 Å². The molecule has 1 aliphatic heterocycles. The Morgan fingerprint density at radius 1 is 1.38 bits per heavy atom. The van der Waals surface area contributed by atoms with Crippen molar-refractivity contribution in [3.8, 4) is 22.0 Å². The fourth-order valence-corrected chi connectivity index (χ4v) is 4.47. The molecule has 1 saturated heterocycles. The van der Waals surface area contributed by atoms with Gasteiger partial charge in [-0.3, -0.25) is 4.79 Å². The van der Waals surface area contributed by atoms with E-state index in [-0.39, 0.29) is 17.7 Å². The molecule has 170 valence electrons. The average molecular weight is 462 g/mol. The van der Waals surface area contributed by atoms with Gasteiger partial charge in [0.2, 0.25) is 0 Å². The summed E-state index contributed by atoms with van der Waals surface area (Å²) in [6, 6.07) is 6.43. The number of amides is 1. The van der Waals surface area contributed by atoms with Crippen LogP contribution in [0.2, 0.25) is 0 Å². The second kappa shape index (κ2) is 9.33. The highest BCUT2D eigenvalue weighted by molar-refractivity contribution is 7.13. The standard InChI is InChI=1S/C22H25F2N5O2S/c1-3-10-28(17-8-9-25-12-17)21(30)19-14-32-20(27-19)15-11-26-29(13-15)16-4-6-18(7-5-16)31-22(2,23)24/h4-7,11,13-14,17,25H,3,8-10,12H2,1-2H3/t17-/m0/s1. The smallest absolute Gasteiger partial charge is 0.394 e. The normalized spacial score (nSPS) is 16.3. The van der Waals surface area contributed by atoms with Gasteiger partial charge in [0, 0.05) is 43.2 Å². The minimum absolute atomic E-state index is 0.0428. The van der Waals surface area contributed by atoms with Gasteiger partial charge in [-0.2, -0.15) is 13.9 Å². The zero-order valence-corrected chi connectivity index (χ0v) is 18.7. The Labute approximate surface area is 189 Å². The van der Waals surface area contributed by atoms with Crippen LogP contribution in [0.25, 0.3) is 16.3 Å². The molecular weight excluding hydrogens is 436 g/mol. The van der Waals surface area contributed by atoms with Gasteiger partial charge in [-0.25, -0.2) is 9.67 Å². The number of rotatable bonds is 8. The molecule has 10 heteroatoms. The van der Waals surface area contributed by atoms with E-state index in [1.54, 1.807) is 34.6 Å². The van der Waals surface area contributed by atoms with Crippen molar-refractivity contribution in [1.82, 2.24) is 25.0 Å². The summed E-state index contributed by atoms with van der Waals surface area (Å²) in [5.41, 5.74) is 1.91. The van der Waals surface area contributed by atoms with E-state index < -0.39 is 6.11 Å². The van der Waals surface area contributed by atoms with Crippen molar-refractivity contribution in [3.63, 3.8) is 0 Å². The van der Waals surface area contributed by atoms with Gasteiger partial charge in [-0.1, -0.05) is 6.92 Å². The van der Waals surface area contributed by atoms with E-state index in [9.17, 15) is 13.6 Å². The van der Waals surface area contributed by atoms with Gasteiger partial charge in [0.1, 0.15) is 16.5 Å². The molecule has 1 fully saturated rings. The predicted octanol–water partition coefficient (Wildman–Crippen LogP) is 4.20. The molecule has 7 nitrogen and oxygen atoms in total. The number of halogens is 2. The fraction of sp³-hybridized carbons (Fsp3) is 0.409. The van der Waals surface area contributed by atoms with Crippen molar-refractivity contribution in [2.24, 2.45) is 0 Å². The molecule has 3 heterocycles. The number of carbonyl (C=O) groups excluding carboxylic acids is 1. The monoisotopic (exact) mass is 461 g/mol. The maximum absolute atomic E-state index is 13.1. The van der Waals surface area contributed by atoms with E-state index in [0.29, 0.717) is 29.9 Å². The molecule has 1 aromatic carbocycles. The van der Waals surface area contributed by atoms with E-state index in [4.69, 9.17) is 0 Å². The minimum Gasteiger partial charge on any atom is -0.433 e. The van der Waals surface area contributed by atoms with E-state index in [1.807, 2.05) is 4.90 Å². The lowest BCUT2D eigenvalue weighted by Crippen LogP contribution is -2.42. The van der Waals surface area contributed by atoms with Crippen molar-refractivity contribution in [2.45, 2.75) is 38.8 Å². The largest absolute Gasteiger partial charge is 0.433 e. The molecular formula is C22H25F2N5O2S. The Morgan fingerprint density at radius 2 is 2.16 bits per heavy atom. The van der Waals surface area contributed by atoms with Gasteiger partial charge < -0.3 is 15.0 Å². The number of nitrogens with one attached hydrogen (secondary N) is 1. The molecule has 1 aliphatic rings. The highest BCUT2D eigenvalue weighted by Gasteiger charge is 2.28.